The van der Waals surface area contributed by atoms with Crippen molar-refractivity contribution >= 4 is 29.2 Å². The Hall–Kier alpha value is -0.930. The summed E-state index contributed by atoms with van der Waals surface area (Å²) < 4.78 is 5.07. The van der Waals surface area contributed by atoms with E-state index < -0.39 is 12.1 Å². The number of carboxylic acid groups (broad SMARTS) is 1. The number of benzene rings is 1. The molecule has 14 heavy (non-hydrogen) atoms. The third kappa shape index (κ3) is 2.79. The summed E-state index contributed by atoms with van der Waals surface area (Å²) in [6.45, 7) is 1.44. The highest BCUT2D eigenvalue weighted by Crippen LogP contribution is 2.26. The third-order valence-electron chi connectivity index (χ3n) is 1.55. The van der Waals surface area contributed by atoms with Crippen LogP contribution in [0, 0.1) is 0 Å². The second kappa shape index (κ2) is 4.53. The van der Waals surface area contributed by atoms with Crippen LogP contribution in [0.1, 0.15) is 6.92 Å². The molecule has 76 valence electrons. The quantitative estimate of drug-likeness (QED) is 0.876. The Labute approximate surface area is 91.2 Å². The molecular weight excluding hydrogens is 227 g/mol. The molecule has 0 fully saturated rings. The van der Waals surface area contributed by atoms with Crippen molar-refractivity contribution in [3.05, 3.63) is 28.2 Å². The smallest absolute Gasteiger partial charge is 0.344 e. The van der Waals surface area contributed by atoms with Crippen molar-refractivity contribution in [2.45, 2.75) is 13.0 Å². The summed E-state index contributed by atoms with van der Waals surface area (Å²) in [7, 11) is 0. The van der Waals surface area contributed by atoms with E-state index in [0.29, 0.717) is 15.8 Å². The maximum atomic E-state index is 10.5. The SMILES string of the molecule is C[C@H](Oc1ccc(Cl)c(Cl)c1)C(=O)O. The van der Waals surface area contributed by atoms with Gasteiger partial charge in [-0.2, -0.15) is 0 Å². The predicted octanol–water partition coefficient (Wildman–Crippen LogP) is 2.85. The highest BCUT2D eigenvalue weighted by atomic mass is 35.5. The third-order valence-corrected chi connectivity index (χ3v) is 2.29. The van der Waals surface area contributed by atoms with E-state index in [9.17, 15) is 4.79 Å². The molecule has 0 radical (unpaired) electrons. The second-order valence-electron chi connectivity index (χ2n) is 2.67. The van der Waals surface area contributed by atoms with E-state index in [1.54, 1.807) is 12.1 Å². The van der Waals surface area contributed by atoms with Crippen LogP contribution in [0.2, 0.25) is 10.0 Å². The summed E-state index contributed by atoms with van der Waals surface area (Å²) in [5, 5.41) is 9.32. The van der Waals surface area contributed by atoms with Gasteiger partial charge in [0.2, 0.25) is 0 Å². The number of carbonyl (C=O) groups is 1. The van der Waals surface area contributed by atoms with Crippen molar-refractivity contribution in [3.63, 3.8) is 0 Å². The first-order valence-electron chi connectivity index (χ1n) is 3.85. The number of halogens is 2. The molecule has 0 spiro atoms. The molecule has 1 aromatic rings. The number of hydrogen-bond acceptors (Lipinski definition) is 2. The highest BCUT2D eigenvalue weighted by molar-refractivity contribution is 6.42. The normalized spacial score (nSPS) is 12.2. The summed E-state index contributed by atoms with van der Waals surface area (Å²) >= 11 is 11.4. The van der Waals surface area contributed by atoms with Crippen LogP contribution in [0.25, 0.3) is 0 Å². The van der Waals surface area contributed by atoms with Gasteiger partial charge in [0, 0.05) is 6.07 Å². The Bertz CT molecular complexity index is 352. The van der Waals surface area contributed by atoms with Crippen LogP contribution in [0.15, 0.2) is 18.2 Å². The molecule has 5 heteroatoms. The molecule has 0 aliphatic carbocycles. The fraction of sp³-hybridized carbons (Fsp3) is 0.222. The topological polar surface area (TPSA) is 46.5 Å². The number of hydrogen-bond donors (Lipinski definition) is 1. The molecule has 0 aliphatic rings. The molecule has 0 saturated carbocycles. The first kappa shape index (κ1) is 11.1. The fourth-order valence-corrected chi connectivity index (χ4v) is 1.09. The first-order valence-corrected chi connectivity index (χ1v) is 4.61. The molecule has 1 aromatic carbocycles. The molecule has 1 N–H and O–H groups in total. The van der Waals surface area contributed by atoms with Crippen LogP contribution in [-0.2, 0) is 4.79 Å². The van der Waals surface area contributed by atoms with Crippen molar-refractivity contribution in [1.29, 1.82) is 0 Å². The maximum absolute atomic E-state index is 10.5. The van der Waals surface area contributed by atoms with E-state index in [0.717, 1.165) is 0 Å². The van der Waals surface area contributed by atoms with E-state index >= 15 is 0 Å². The minimum Gasteiger partial charge on any atom is -0.479 e. The van der Waals surface area contributed by atoms with Gasteiger partial charge in [0.05, 0.1) is 10.0 Å². The van der Waals surface area contributed by atoms with E-state index in [1.807, 2.05) is 0 Å². The van der Waals surface area contributed by atoms with Crippen LogP contribution < -0.4 is 4.74 Å². The van der Waals surface area contributed by atoms with E-state index in [2.05, 4.69) is 0 Å². The standard InChI is InChI=1S/C9H8Cl2O3/c1-5(9(12)13)14-6-2-3-7(10)8(11)4-6/h2-5H,1H3,(H,12,13)/t5-/m0/s1. The molecule has 0 heterocycles. The van der Waals surface area contributed by atoms with Gasteiger partial charge in [-0.1, -0.05) is 23.2 Å². The lowest BCUT2D eigenvalue weighted by molar-refractivity contribution is -0.144. The zero-order valence-electron chi connectivity index (χ0n) is 7.33. The Balaban J connectivity index is 2.78. The lowest BCUT2D eigenvalue weighted by atomic mass is 10.3. The number of ether oxygens (including phenoxy) is 1. The molecule has 0 amide bonds. The molecule has 0 bridgehead atoms. The summed E-state index contributed by atoms with van der Waals surface area (Å²) in [5.74, 6) is -0.648. The van der Waals surface area contributed by atoms with Crippen LogP contribution in [-0.4, -0.2) is 17.2 Å². The lowest BCUT2D eigenvalue weighted by Gasteiger charge is -2.10. The lowest BCUT2D eigenvalue weighted by Crippen LogP contribution is -2.22. The summed E-state index contributed by atoms with van der Waals surface area (Å²) in [4.78, 5) is 10.5. The molecule has 0 aromatic heterocycles. The van der Waals surface area contributed by atoms with Gasteiger partial charge >= 0.3 is 5.97 Å². The van der Waals surface area contributed by atoms with Crippen molar-refractivity contribution in [2.75, 3.05) is 0 Å². The molecule has 0 unspecified atom stereocenters. The van der Waals surface area contributed by atoms with Gasteiger partial charge in [-0.05, 0) is 19.1 Å². The minimum atomic E-state index is -1.03. The monoisotopic (exact) mass is 234 g/mol. The molecule has 0 aliphatic heterocycles. The number of rotatable bonds is 3. The average Bonchev–Trinajstić information content (AvgIpc) is 2.11. The van der Waals surface area contributed by atoms with Crippen molar-refractivity contribution < 1.29 is 14.6 Å². The molecule has 3 nitrogen and oxygen atoms in total. The first-order chi connectivity index (χ1) is 6.50. The Morgan fingerprint density at radius 1 is 1.43 bits per heavy atom. The zero-order valence-corrected chi connectivity index (χ0v) is 8.84. The summed E-state index contributed by atoms with van der Waals surface area (Å²) in [6.07, 6.45) is -0.910. The highest BCUT2D eigenvalue weighted by Gasteiger charge is 2.12. The number of carboxylic acids is 1. The van der Waals surface area contributed by atoms with Gasteiger partial charge in [0.25, 0.3) is 0 Å². The average molecular weight is 235 g/mol. The van der Waals surface area contributed by atoms with Crippen LogP contribution in [0.4, 0.5) is 0 Å². The molecular formula is C9H8Cl2O3. The van der Waals surface area contributed by atoms with Crippen LogP contribution >= 0.6 is 23.2 Å². The Morgan fingerprint density at radius 2 is 2.07 bits per heavy atom. The zero-order chi connectivity index (χ0) is 10.7. The summed E-state index contributed by atoms with van der Waals surface area (Å²) in [6, 6.07) is 4.59. The van der Waals surface area contributed by atoms with E-state index in [-0.39, 0.29) is 0 Å². The number of aliphatic carboxylic acids is 1. The largest absolute Gasteiger partial charge is 0.479 e. The molecule has 1 rings (SSSR count). The van der Waals surface area contributed by atoms with Crippen molar-refractivity contribution in [2.24, 2.45) is 0 Å². The Kier molecular flexibility index (Phi) is 3.61. The van der Waals surface area contributed by atoms with Gasteiger partial charge in [-0.3, -0.25) is 0 Å². The maximum Gasteiger partial charge on any atom is 0.344 e. The fourth-order valence-electron chi connectivity index (χ4n) is 0.805. The molecule has 1 atom stereocenters. The van der Waals surface area contributed by atoms with Gasteiger partial charge in [0.15, 0.2) is 6.10 Å². The molecule has 0 saturated heterocycles. The summed E-state index contributed by atoms with van der Waals surface area (Å²) in [5.41, 5.74) is 0. The van der Waals surface area contributed by atoms with Crippen LogP contribution in [0.5, 0.6) is 5.75 Å². The van der Waals surface area contributed by atoms with Gasteiger partial charge in [-0.15, -0.1) is 0 Å². The predicted molar refractivity (Wildman–Crippen MR) is 54.2 cm³/mol. The van der Waals surface area contributed by atoms with E-state index in [1.165, 1.54) is 13.0 Å². The van der Waals surface area contributed by atoms with Crippen molar-refractivity contribution in [1.82, 2.24) is 0 Å². The Morgan fingerprint density at radius 3 is 2.57 bits per heavy atom. The minimum absolute atomic E-state index is 0.335. The van der Waals surface area contributed by atoms with Gasteiger partial charge in [0.1, 0.15) is 5.75 Å². The van der Waals surface area contributed by atoms with E-state index in [4.69, 9.17) is 33.0 Å². The van der Waals surface area contributed by atoms with Gasteiger partial charge < -0.3 is 9.84 Å². The van der Waals surface area contributed by atoms with Crippen LogP contribution in [0.3, 0.4) is 0 Å². The van der Waals surface area contributed by atoms with Gasteiger partial charge in [-0.25, -0.2) is 4.79 Å². The van der Waals surface area contributed by atoms with Crippen molar-refractivity contribution in [3.8, 4) is 5.75 Å². The second-order valence-corrected chi connectivity index (χ2v) is 3.49.